The van der Waals surface area contributed by atoms with Gasteiger partial charge >= 0.3 is 17.9 Å². The molecule has 0 atom stereocenters. The van der Waals surface area contributed by atoms with E-state index >= 15 is 0 Å². The van der Waals surface area contributed by atoms with Crippen LogP contribution in [0.3, 0.4) is 0 Å². The first-order valence-electron chi connectivity index (χ1n) is 15.1. The van der Waals surface area contributed by atoms with Crippen molar-refractivity contribution >= 4 is 68.3 Å². The zero-order valence-corrected chi connectivity index (χ0v) is 27.2. The average Bonchev–Trinajstić information content (AvgIpc) is 3.71. The van der Waals surface area contributed by atoms with Gasteiger partial charge in [-0.15, -0.1) is 0 Å². The van der Waals surface area contributed by atoms with Crippen LogP contribution in [-0.2, 0) is 36.7 Å². The van der Waals surface area contributed by atoms with Crippen molar-refractivity contribution in [3.63, 3.8) is 0 Å². The summed E-state index contributed by atoms with van der Waals surface area (Å²) in [7, 11) is 2.58. The van der Waals surface area contributed by atoms with E-state index in [1.54, 1.807) is 6.92 Å². The minimum absolute atomic E-state index is 0.152. The highest BCUT2D eigenvalue weighted by molar-refractivity contribution is 6.25. The molecule has 5 heterocycles. The van der Waals surface area contributed by atoms with Crippen LogP contribution >= 0.6 is 0 Å². The third-order valence-electron chi connectivity index (χ3n) is 8.91. The first-order valence-corrected chi connectivity index (χ1v) is 15.1. The summed E-state index contributed by atoms with van der Waals surface area (Å²) < 4.78 is 10.3. The Morgan fingerprint density at radius 1 is 0.848 bits per heavy atom. The fourth-order valence-electron chi connectivity index (χ4n) is 6.30. The maximum atomic E-state index is 13.4. The van der Waals surface area contributed by atoms with E-state index in [2.05, 4.69) is 36.5 Å². The maximum absolute atomic E-state index is 13.4. The minimum Gasteiger partial charge on any atom is -0.481 e. The summed E-state index contributed by atoms with van der Waals surface area (Å²) >= 11 is 0. The van der Waals surface area contributed by atoms with E-state index in [-0.39, 0.29) is 30.5 Å². The van der Waals surface area contributed by atoms with Crippen molar-refractivity contribution in [1.29, 1.82) is 0 Å². The minimum atomic E-state index is -0.970. The lowest BCUT2D eigenvalue weighted by Crippen LogP contribution is -2.12. The summed E-state index contributed by atoms with van der Waals surface area (Å²) in [6.07, 6.45) is 2.31. The third kappa shape index (κ3) is 5.55. The van der Waals surface area contributed by atoms with Gasteiger partial charge in [0.2, 0.25) is 0 Å². The molecule has 0 fully saturated rings. The molecule has 0 radical (unpaired) electrons. The second kappa shape index (κ2) is 12.6. The third-order valence-corrected chi connectivity index (χ3v) is 8.91. The van der Waals surface area contributed by atoms with Gasteiger partial charge in [-0.2, -0.15) is 0 Å². The molecule has 0 aromatic carbocycles. The number of ether oxygens (including phenoxy) is 2. The van der Waals surface area contributed by atoms with Gasteiger partial charge in [0.05, 0.1) is 49.0 Å². The Labute approximate surface area is 266 Å². The molecule has 0 saturated heterocycles. The molecule has 3 aromatic heterocycles. The number of esters is 2. The molecule has 2 aliphatic rings. The Morgan fingerprint density at radius 2 is 1.48 bits per heavy atom. The summed E-state index contributed by atoms with van der Waals surface area (Å²) in [5, 5.41) is 9.61. The molecular formula is C36H38N4O6. The summed E-state index contributed by atoms with van der Waals surface area (Å²) in [6, 6.07) is 5.88. The van der Waals surface area contributed by atoms with E-state index in [1.165, 1.54) is 14.2 Å². The van der Waals surface area contributed by atoms with Crippen LogP contribution in [0.15, 0.2) is 24.8 Å². The number of carbonyl (C=O) groups is 3. The summed E-state index contributed by atoms with van der Waals surface area (Å²) in [5.74, 6) is -2.14. The van der Waals surface area contributed by atoms with Crippen LogP contribution in [0.5, 0.6) is 0 Å². The Morgan fingerprint density at radius 3 is 2.11 bits per heavy atom. The van der Waals surface area contributed by atoms with Gasteiger partial charge in [-0.1, -0.05) is 19.6 Å². The van der Waals surface area contributed by atoms with E-state index in [0.29, 0.717) is 33.8 Å². The van der Waals surface area contributed by atoms with Crippen molar-refractivity contribution in [2.75, 3.05) is 14.2 Å². The van der Waals surface area contributed by atoms with E-state index in [0.717, 1.165) is 56.3 Å². The number of nitrogens with one attached hydrogen (secondary N) is 2. The monoisotopic (exact) mass is 622 g/mol. The van der Waals surface area contributed by atoms with E-state index in [9.17, 15) is 19.5 Å². The van der Waals surface area contributed by atoms with Crippen molar-refractivity contribution < 1.29 is 29.0 Å². The van der Waals surface area contributed by atoms with Crippen LogP contribution in [0.2, 0.25) is 0 Å². The first-order chi connectivity index (χ1) is 21.9. The Bertz CT molecular complexity index is 2060. The number of nitrogens with zero attached hydrogens (tertiary/aromatic N) is 2. The Kier molecular flexibility index (Phi) is 8.83. The zero-order valence-electron chi connectivity index (χ0n) is 27.2. The van der Waals surface area contributed by atoms with Crippen molar-refractivity contribution in [1.82, 2.24) is 19.9 Å². The summed E-state index contributed by atoms with van der Waals surface area (Å²) in [4.78, 5) is 55.1. The molecule has 10 heteroatoms. The van der Waals surface area contributed by atoms with Crippen LogP contribution in [-0.4, -0.2) is 57.2 Å². The highest BCUT2D eigenvalue weighted by atomic mass is 16.5. The SMILES string of the molecule is C=Cc1c(C)c2cc3nc(c(CC(=O)OC)c4nc(cc5[nH]c(cc1[nH]2)c(C)c5CC)C(C)=C4C(=O)OC)C(CCC(=O)O)=C3C. The fourth-order valence-corrected chi connectivity index (χ4v) is 6.30. The molecule has 0 amide bonds. The van der Waals surface area contributed by atoms with Crippen LogP contribution in [0, 0.1) is 13.8 Å². The lowest BCUT2D eigenvalue weighted by molar-refractivity contribution is -0.140. The quantitative estimate of drug-likeness (QED) is 0.234. The molecule has 238 valence electrons. The first kappa shape index (κ1) is 32.2. The standard InChI is InChI=1S/C36H38N4O6/c1-9-21-17(3)25-14-27-19(5)23(11-12-31(41)42)34(39-27)24(13-32(43)45-7)35-33(36(44)46-8)20(6)28(40-35)16-30-22(10-2)18(4)26(38-30)15-29(21)37-25/h9,14-16,37-38H,1,10-13H2,2-8H3,(H,41,42). The zero-order chi connectivity index (χ0) is 33.4. The highest BCUT2D eigenvalue weighted by Gasteiger charge is 2.31. The normalized spacial score (nSPS) is 12.8. The van der Waals surface area contributed by atoms with E-state index < -0.39 is 17.9 Å². The molecule has 46 heavy (non-hydrogen) atoms. The number of rotatable bonds is 8. The predicted molar refractivity (Wildman–Crippen MR) is 180 cm³/mol. The predicted octanol–water partition coefficient (Wildman–Crippen LogP) is 6.75. The van der Waals surface area contributed by atoms with E-state index in [1.807, 2.05) is 32.1 Å². The number of H-pyrrole nitrogens is 2. The van der Waals surface area contributed by atoms with Gasteiger partial charge < -0.3 is 24.5 Å². The van der Waals surface area contributed by atoms with Gasteiger partial charge in [0, 0.05) is 39.6 Å². The van der Waals surface area contributed by atoms with Gasteiger partial charge in [0.25, 0.3) is 0 Å². The molecule has 3 aromatic rings. The fraction of sp³-hybridized carbons (Fsp3) is 0.306. The van der Waals surface area contributed by atoms with Crippen molar-refractivity contribution in [3.05, 3.63) is 75.4 Å². The molecule has 8 bridgehead atoms. The molecule has 0 aliphatic carbocycles. The van der Waals surface area contributed by atoms with Gasteiger partial charge in [-0.3, -0.25) is 9.59 Å². The van der Waals surface area contributed by atoms with Crippen LogP contribution < -0.4 is 0 Å². The Hall–Kier alpha value is -5.25. The topological polar surface area (TPSA) is 147 Å². The number of methoxy groups -OCH3 is 2. The molecule has 0 saturated carbocycles. The highest BCUT2D eigenvalue weighted by Crippen LogP contribution is 2.40. The number of aromatic nitrogens is 4. The largest absolute Gasteiger partial charge is 0.481 e. The number of fused-ring (bicyclic) bond motifs is 8. The number of hydrogen-bond donors (Lipinski definition) is 3. The van der Waals surface area contributed by atoms with Gasteiger partial charge in [-0.25, -0.2) is 14.8 Å². The van der Waals surface area contributed by atoms with Gasteiger partial charge in [0.1, 0.15) is 0 Å². The van der Waals surface area contributed by atoms with Gasteiger partial charge in [-0.05, 0) is 92.1 Å². The number of carboxylic acids is 1. The molecule has 5 rings (SSSR count). The smallest absolute Gasteiger partial charge is 0.340 e. The molecule has 3 N–H and O–H groups in total. The molecule has 0 unspecified atom stereocenters. The van der Waals surface area contributed by atoms with Crippen molar-refractivity contribution in [2.45, 2.75) is 60.3 Å². The number of carboxylic acid groups (broad SMARTS) is 1. The summed E-state index contributed by atoms with van der Waals surface area (Å²) in [6.45, 7) is 13.9. The lowest BCUT2D eigenvalue weighted by atomic mass is 9.94. The van der Waals surface area contributed by atoms with Crippen LogP contribution in [0.4, 0.5) is 0 Å². The number of carbonyl (C=O) groups excluding carboxylic acids is 2. The van der Waals surface area contributed by atoms with Crippen LogP contribution in [0.25, 0.3) is 50.4 Å². The van der Waals surface area contributed by atoms with Crippen molar-refractivity contribution in [2.24, 2.45) is 0 Å². The molecule has 10 nitrogen and oxygen atoms in total. The second-order valence-electron chi connectivity index (χ2n) is 11.4. The summed E-state index contributed by atoms with van der Waals surface area (Å²) in [5.41, 5.74) is 11.9. The second-order valence-corrected chi connectivity index (χ2v) is 11.4. The number of aliphatic carboxylic acids is 1. The lowest BCUT2D eigenvalue weighted by Gasteiger charge is -2.11. The number of hydrogen-bond acceptors (Lipinski definition) is 7. The van der Waals surface area contributed by atoms with Crippen LogP contribution in [0.1, 0.15) is 84.2 Å². The van der Waals surface area contributed by atoms with Gasteiger partial charge in [0.15, 0.2) is 0 Å². The molecule has 2 aliphatic heterocycles. The average molecular weight is 623 g/mol. The van der Waals surface area contributed by atoms with Crippen molar-refractivity contribution in [3.8, 4) is 0 Å². The van der Waals surface area contributed by atoms with E-state index in [4.69, 9.17) is 19.4 Å². The molecule has 0 spiro atoms. The number of allylic oxidation sites excluding steroid dienone is 3. The maximum Gasteiger partial charge on any atom is 0.340 e. The molecular weight excluding hydrogens is 584 g/mol. The Balaban J connectivity index is 2.07. The number of aryl methyl sites for hydroxylation is 3. The number of aromatic amines is 2.